The zero-order chi connectivity index (χ0) is 12.7. The van der Waals surface area contributed by atoms with Crippen LogP contribution in [0.5, 0.6) is 0 Å². The Morgan fingerprint density at radius 3 is 2.89 bits per heavy atom. The van der Waals surface area contributed by atoms with Crippen molar-refractivity contribution in [3.8, 4) is 0 Å². The minimum atomic E-state index is -0.0170. The summed E-state index contributed by atoms with van der Waals surface area (Å²) in [5.74, 6) is 0.260. The van der Waals surface area contributed by atoms with E-state index in [1.165, 1.54) is 24.6 Å². The van der Waals surface area contributed by atoms with Crippen LogP contribution in [-0.2, 0) is 18.4 Å². The maximum absolute atomic E-state index is 12.2. The lowest BCUT2D eigenvalue weighted by molar-refractivity contribution is -0.127. The summed E-state index contributed by atoms with van der Waals surface area (Å²) in [4.78, 5) is 18.5. The van der Waals surface area contributed by atoms with Gasteiger partial charge >= 0.3 is 0 Å². The molecule has 1 saturated carbocycles. The van der Waals surface area contributed by atoms with E-state index in [9.17, 15) is 4.79 Å². The molecule has 18 heavy (non-hydrogen) atoms. The molecular weight excluding hydrogens is 250 g/mol. The van der Waals surface area contributed by atoms with Gasteiger partial charge < -0.3 is 14.6 Å². The Hall–Kier alpha value is -1.01. The van der Waals surface area contributed by atoms with Crippen LogP contribution in [0.25, 0.3) is 0 Å². The molecule has 1 amide bonds. The molecule has 6 heteroatoms. The smallest absolute Gasteiger partial charge is 0.236 e. The van der Waals surface area contributed by atoms with Crippen LogP contribution in [0.3, 0.4) is 0 Å². The van der Waals surface area contributed by atoms with Crippen LogP contribution in [0.4, 0.5) is 0 Å². The fourth-order valence-electron chi connectivity index (χ4n) is 2.34. The number of aliphatic hydroxyl groups is 1. The third-order valence-electron chi connectivity index (χ3n) is 3.63. The molecule has 0 spiro atoms. The summed E-state index contributed by atoms with van der Waals surface area (Å²) in [7, 11) is 1.87. The molecular formula is C12H17N3O2S. The lowest BCUT2D eigenvalue weighted by atomic mass is 10.4. The Kier molecular flexibility index (Phi) is 3.07. The van der Waals surface area contributed by atoms with E-state index in [2.05, 4.69) is 4.98 Å². The lowest BCUT2D eigenvalue weighted by Gasteiger charge is -2.15. The normalized spacial score (nSPS) is 24.0. The highest BCUT2D eigenvalue weighted by molar-refractivity contribution is 8.00. The van der Waals surface area contributed by atoms with Crippen LogP contribution in [0.1, 0.15) is 25.0 Å². The molecule has 98 valence electrons. The molecule has 2 aliphatic rings. The highest BCUT2D eigenvalue weighted by Gasteiger charge is 2.41. The first kappa shape index (κ1) is 12.0. The zero-order valence-electron chi connectivity index (χ0n) is 10.4. The van der Waals surface area contributed by atoms with Gasteiger partial charge in [-0.2, -0.15) is 0 Å². The quantitative estimate of drug-likeness (QED) is 0.875. The van der Waals surface area contributed by atoms with Crippen molar-refractivity contribution in [2.75, 3.05) is 6.54 Å². The van der Waals surface area contributed by atoms with Gasteiger partial charge in [-0.15, -0.1) is 0 Å². The Morgan fingerprint density at radius 1 is 1.50 bits per heavy atom. The summed E-state index contributed by atoms with van der Waals surface area (Å²) in [6, 6.07) is 0.512. The molecule has 1 atom stereocenters. The molecule has 1 aliphatic heterocycles. The molecule has 3 rings (SSSR count). The van der Waals surface area contributed by atoms with Gasteiger partial charge in [-0.25, -0.2) is 4.98 Å². The molecule has 1 unspecified atom stereocenters. The third kappa shape index (κ3) is 2.03. The van der Waals surface area contributed by atoms with Gasteiger partial charge in [0.05, 0.1) is 23.7 Å². The summed E-state index contributed by atoms with van der Waals surface area (Å²) in [6.07, 6.45) is 4.90. The standard InChI is InChI=1S/C12H17N3O2S/c1-14-9(7-16)6-13-12(14)18-10-4-5-15(11(10)17)8-2-3-8/h6,8,10,16H,2-5,7H2,1H3. The third-order valence-corrected chi connectivity index (χ3v) is 4.94. The molecule has 1 aromatic rings. The van der Waals surface area contributed by atoms with Crippen molar-refractivity contribution >= 4 is 17.7 Å². The monoisotopic (exact) mass is 267 g/mol. The Morgan fingerprint density at radius 2 is 2.28 bits per heavy atom. The minimum absolute atomic E-state index is 0.00163. The highest BCUT2D eigenvalue weighted by atomic mass is 32.2. The molecule has 2 heterocycles. The van der Waals surface area contributed by atoms with Gasteiger partial charge in [0.25, 0.3) is 0 Å². The number of aliphatic hydroxyl groups excluding tert-OH is 1. The van der Waals surface area contributed by atoms with Crippen LogP contribution in [0.15, 0.2) is 11.4 Å². The van der Waals surface area contributed by atoms with Crippen LogP contribution in [-0.4, -0.2) is 43.3 Å². The average Bonchev–Trinajstić information content (AvgIpc) is 3.06. The van der Waals surface area contributed by atoms with E-state index in [1.807, 2.05) is 16.5 Å². The Balaban J connectivity index is 1.69. The maximum Gasteiger partial charge on any atom is 0.236 e. The van der Waals surface area contributed by atoms with Crippen molar-refractivity contribution in [3.05, 3.63) is 11.9 Å². The van der Waals surface area contributed by atoms with Crippen molar-refractivity contribution in [3.63, 3.8) is 0 Å². The highest BCUT2D eigenvalue weighted by Crippen LogP contribution is 2.36. The van der Waals surface area contributed by atoms with Crippen LogP contribution in [0, 0.1) is 0 Å². The van der Waals surface area contributed by atoms with Gasteiger partial charge in [-0.05, 0) is 19.3 Å². The number of thioether (sulfide) groups is 1. The van der Waals surface area contributed by atoms with E-state index in [1.54, 1.807) is 6.20 Å². The predicted molar refractivity (Wildman–Crippen MR) is 68.1 cm³/mol. The minimum Gasteiger partial charge on any atom is -0.390 e. The SMILES string of the molecule is Cn1c(CO)cnc1SC1CCN(C2CC2)C1=O. The second-order valence-electron chi connectivity index (χ2n) is 4.91. The van der Waals surface area contributed by atoms with Gasteiger partial charge in [-0.3, -0.25) is 4.79 Å². The van der Waals surface area contributed by atoms with E-state index < -0.39 is 0 Å². The van der Waals surface area contributed by atoms with E-state index >= 15 is 0 Å². The first-order valence-corrected chi connectivity index (χ1v) is 7.17. The van der Waals surface area contributed by atoms with Gasteiger partial charge in [0, 0.05) is 19.6 Å². The van der Waals surface area contributed by atoms with E-state index in [0.29, 0.717) is 6.04 Å². The van der Waals surface area contributed by atoms with Crippen molar-refractivity contribution in [1.82, 2.24) is 14.5 Å². The first-order valence-electron chi connectivity index (χ1n) is 6.29. The molecule has 0 radical (unpaired) electrons. The lowest BCUT2D eigenvalue weighted by Crippen LogP contribution is -2.30. The summed E-state index contributed by atoms with van der Waals surface area (Å²) < 4.78 is 1.86. The second kappa shape index (κ2) is 4.59. The number of likely N-dealkylation sites (tertiary alicyclic amines) is 1. The summed E-state index contributed by atoms with van der Waals surface area (Å²) in [5, 5.41) is 9.94. The molecule has 1 saturated heterocycles. The summed E-state index contributed by atoms with van der Waals surface area (Å²) >= 11 is 1.52. The molecule has 0 bridgehead atoms. The predicted octanol–water partition coefficient (Wildman–Crippen LogP) is 0.768. The van der Waals surface area contributed by atoms with Gasteiger partial charge in [-0.1, -0.05) is 11.8 Å². The van der Waals surface area contributed by atoms with Crippen molar-refractivity contribution in [2.24, 2.45) is 7.05 Å². The number of carbonyl (C=O) groups excluding carboxylic acids is 1. The molecule has 1 aromatic heterocycles. The van der Waals surface area contributed by atoms with Gasteiger partial charge in [0.15, 0.2) is 5.16 Å². The van der Waals surface area contributed by atoms with E-state index in [4.69, 9.17) is 5.11 Å². The first-order chi connectivity index (χ1) is 8.70. The van der Waals surface area contributed by atoms with Crippen molar-refractivity contribution in [2.45, 2.75) is 42.3 Å². The number of rotatable bonds is 4. The summed E-state index contributed by atoms with van der Waals surface area (Å²) in [6.45, 7) is 0.870. The topological polar surface area (TPSA) is 58.4 Å². The van der Waals surface area contributed by atoms with Crippen molar-refractivity contribution < 1.29 is 9.90 Å². The van der Waals surface area contributed by atoms with Crippen LogP contribution < -0.4 is 0 Å². The largest absolute Gasteiger partial charge is 0.390 e. The number of imidazole rings is 1. The van der Waals surface area contributed by atoms with Crippen LogP contribution >= 0.6 is 11.8 Å². The van der Waals surface area contributed by atoms with Gasteiger partial charge in [0.1, 0.15) is 0 Å². The maximum atomic E-state index is 12.2. The van der Waals surface area contributed by atoms with E-state index in [0.717, 1.165) is 23.8 Å². The van der Waals surface area contributed by atoms with E-state index in [-0.39, 0.29) is 17.8 Å². The fourth-order valence-corrected chi connectivity index (χ4v) is 3.45. The average molecular weight is 267 g/mol. The Bertz CT molecular complexity index is 470. The number of carbonyl (C=O) groups is 1. The Labute approximate surface area is 110 Å². The molecule has 5 nitrogen and oxygen atoms in total. The molecule has 2 fully saturated rings. The second-order valence-corrected chi connectivity index (χ2v) is 6.08. The number of hydrogen-bond donors (Lipinski definition) is 1. The number of aromatic nitrogens is 2. The van der Waals surface area contributed by atoms with Crippen molar-refractivity contribution in [1.29, 1.82) is 0 Å². The number of nitrogens with zero attached hydrogens (tertiary/aromatic N) is 3. The molecule has 0 aromatic carbocycles. The number of hydrogen-bond acceptors (Lipinski definition) is 4. The zero-order valence-corrected chi connectivity index (χ0v) is 11.2. The van der Waals surface area contributed by atoms with Crippen LogP contribution in [0.2, 0.25) is 0 Å². The fraction of sp³-hybridized carbons (Fsp3) is 0.667. The number of amides is 1. The molecule has 1 N–H and O–H groups in total. The summed E-state index contributed by atoms with van der Waals surface area (Å²) in [5.41, 5.74) is 0.780. The van der Waals surface area contributed by atoms with Gasteiger partial charge in [0.2, 0.25) is 5.91 Å². The molecule has 1 aliphatic carbocycles.